The molecule has 6 N–H and O–H groups in total. The molecule has 85 heavy (non-hydrogen) atoms. The van der Waals surface area contributed by atoms with E-state index in [-0.39, 0.29) is 13.0 Å². The number of amides is 1. The number of carbonyl (C=O) groups excluding carboxylic acids is 2. The van der Waals surface area contributed by atoms with Gasteiger partial charge in [-0.05, 0) is 77.0 Å². The third kappa shape index (κ3) is 49.4. The topological polar surface area (TPSA) is 175 Å². The molecule has 1 amide bonds. The Kier molecular flexibility index (Phi) is 59.1. The van der Waals surface area contributed by atoms with Gasteiger partial charge in [0.2, 0.25) is 5.91 Å². The van der Waals surface area contributed by atoms with Crippen LogP contribution < -0.4 is 5.32 Å². The number of hydrogen-bond donors (Lipinski definition) is 6. The first-order valence-electron chi connectivity index (χ1n) is 36.8. The van der Waals surface area contributed by atoms with Crippen LogP contribution >= 0.6 is 0 Å². The van der Waals surface area contributed by atoms with Gasteiger partial charge in [-0.3, -0.25) is 9.59 Å². The van der Waals surface area contributed by atoms with Gasteiger partial charge in [-0.1, -0.05) is 314 Å². The van der Waals surface area contributed by atoms with E-state index in [1.54, 1.807) is 6.08 Å². The molecule has 11 nitrogen and oxygen atoms in total. The molecule has 1 fully saturated rings. The summed E-state index contributed by atoms with van der Waals surface area (Å²) in [7, 11) is 0. The number of esters is 1. The van der Waals surface area contributed by atoms with Crippen molar-refractivity contribution in [1.82, 2.24) is 5.32 Å². The summed E-state index contributed by atoms with van der Waals surface area (Å²) in [6.07, 6.45) is 66.1. The molecule has 1 rings (SSSR count). The smallest absolute Gasteiger partial charge is 0.306 e. The first-order chi connectivity index (χ1) is 41.7. The van der Waals surface area contributed by atoms with Crippen LogP contribution in [0.4, 0.5) is 0 Å². The maximum atomic E-state index is 13.5. The summed E-state index contributed by atoms with van der Waals surface area (Å²) >= 11 is 0. The Hall–Kier alpha value is -2.12. The Morgan fingerprint density at radius 1 is 0.447 bits per heavy atom. The molecule has 8 unspecified atom stereocenters. The molecule has 1 aliphatic heterocycles. The number of unbranched alkanes of at least 4 members (excludes halogenated alkanes) is 46. The van der Waals surface area contributed by atoms with Gasteiger partial charge in [-0.15, -0.1) is 0 Å². The largest absolute Gasteiger partial charge is 0.454 e. The maximum absolute atomic E-state index is 13.5. The molecule has 11 heteroatoms. The van der Waals surface area contributed by atoms with Crippen LogP contribution in [-0.2, 0) is 23.8 Å². The van der Waals surface area contributed by atoms with Gasteiger partial charge in [0.1, 0.15) is 24.4 Å². The number of rotatable bonds is 64. The quantitative estimate of drug-likeness (QED) is 0.0195. The fourth-order valence-corrected chi connectivity index (χ4v) is 11.7. The third-order valence-electron chi connectivity index (χ3n) is 17.5. The van der Waals surface area contributed by atoms with Crippen LogP contribution in [0.15, 0.2) is 36.5 Å². The lowest BCUT2D eigenvalue weighted by molar-refractivity contribution is -0.305. The van der Waals surface area contributed by atoms with E-state index in [4.69, 9.17) is 14.2 Å². The number of aliphatic hydroxyl groups excluding tert-OH is 5. The summed E-state index contributed by atoms with van der Waals surface area (Å²) in [5.74, 6) is -1.18. The van der Waals surface area contributed by atoms with Gasteiger partial charge in [-0.2, -0.15) is 0 Å². The molecule has 1 saturated heterocycles. The molecule has 1 aliphatic rings. The van der Waals surface area contributed by atoms with Crippen LogP contribution in [0.25, 0.3) is 0 Å². The van der Waals surface area contributed by atoms with E-state index < -0.39 is 67.4 Å². The van der Waals surface area contributed by atoms with Crippen molar-refractivity contribution >= 4 is 11.9 Å². The lowest BCUT2D eigenvalue weighted by atomic mass is 9.99. The molecular formula is C74H139NO10. The van der Waals surface area contributed by atoms with Gasteiger partial charge in [0.15, 0.2) is 12.4 Å². The van der Waals surface area contributed by atoms with Gasteiger partial charge >= 0.3 is 5.97 Å². The molecule has 0 bridgehead atoms. The molecule has 8 atom stereocenters. The van der Waals surface area contributed by atoms with Crippen molar-refractivity contribution in [2.45, 2.75) is 410 Å². The molecule has 0 aromatic rings. The van der Waals surface area contributed by atoms with Crippen molar-refractivity contribution in [2.75, 3.05) is 13.2 Å². The average molecular weight is 1200 g/mol. The first-order valence-corrected chi connectivity index (χ1v) is 36.8. The van der Waals surface area contributed by atoms with Crippen LogP contribution in [0.3, 0.4) is 0 Å². The van der Waals surface area contributed by atoms with Crippen LogP contribution in [0.1, 0.15) is 361 Å². The van der Waals surface area contributed by atoms with Crippen molar-refractivity contribution in [1.29, 1.82) is 0 Å². The molecule has 0 aromatic heterocycles. The van der Waals surface area contributed by atoms with Crippen LogP contribution in [0.5, 0.6) is 0 Å². The molecule has 0 radical (unpaired) electrons. The highest BCUT2D eigenvalue weighted by atomic mass is 16.7. The predicted octanol–water partition coefficient (Wildman–Crippen LogP) is 19.0. The zero-order valence-electron chi connectivity index (χ0n) is 55.8. The van der Waals surface area contributed by atoms with Gasteiger partial charge in [-0.25, -0.2) is 0 Å². The summed E-state index contributed by atoms with van der Waals surface area (Å²) in [5, 5.41) is 57.3. The molecular weight excluding hydrogens is 1060 g/mol. The molecule has 0 aromatic carbocycles. The molecule has 0 saturated carbocycles. The number of carbonyl (C=O) groups is 2. The highest BCUT2D eigenvalue weighted by Crippen LogP contribution is 2.26. The second-order valence-corrected chi connectivity index (χ2v) is 25.7. The second-order valence-electron chi connectivity index (χ2n) is 25.7. The summed E-state index contributed by atoms with van der Waals surface area (Å²) in [5.41, 5.74) is 0. The Morgan fingerprint density at radius 2 is 0.776 bits per heavy atom. The fourth-order valence-electron chi connectivity index (χ4n) is 11.7. The maximum Gasteiger partial charge on any atom is 0.306 e. The Morgan fingerprint density at radius 3 is 1.14 bits per heavy atom. The number of ether oxygens (including phenoxy) is 3. The molecule has 0 aliphatic carbocycles. The van der Waals surface area contributed by atoms with E-state index in [9.17, 15) is 35.1 Å². The van der Waals surface area contributed by atoms with E-state index in [0.29, 0.717) is 19.3 Å². The normalized spacial score (nSPS) is 18.5. The zero-order chi connectivity index (χ0) is 61.7. The van der Waals surface area contributed by atoms with Crippen molar-refractivity contribution < 1.29 is 49.3 Å². The Balaban J connectivity index is 2.55. The van der Waals surface area contributed by atoms with E-state index in [1.165, 1.54) is 250 Å². The van der Waals surface area contributed by atoms with Crippen molar-refractivity contribution in [3.8, 4) is 0 Å². The number of allylic oxidation sites excluding steroid dienone is 5. The van der Waals surface area contributed by atoms with Crippen LogP contribution in [0.2, 0.25) is 0 Å². The van der Waals surface area contributed by atoms with Gasteiger partial charge < -0.3 is 45.1 Å². The third-order valence-corrected chi connectivity index (χ3v) is 17.5. The summed E-state index contributed by atoms with van der Waals surface area (Å²) in [4.78, 5) is 26.7. The van der Waals surface area contributed by atoms with E-state index in [2.05, 4.69) is 50.4 Å². The number of hydrogen-bond acceptors (Lipinski definition) is 10. The second kappa shape index (κ2) is 62.1. The van der Waals surface area contributed by atoms with Crippen molar-refractivity contribution in [3.63, 3.8) is 0 Å². The summed E-state index contributed by atoms with van der Waals surface area (Å²) in [6, 6.07) is -1.02. The SMILES string of the molecule is CCCCCCCC/C=C/CCCCCCCCCCCCCCCCCC(=O)OC1C(OCC(NC(=O)C(O)CCCCCCCCCC/C=C/CCCCCCCC)C(O)/C=C/CCCCCCCCCCCCC)OC(CO)C(O)C1O. The van der Waals surface area contributed by atoms with Crippen molar-refractivity contribution in [3.05, 3.63) is 36.5 Å². The van der Waals surface area contributed by atoms with E-state index in [0.717, 1.165) is 64.2 Å². The fraction of sp³-hybridized carbons (Fsp3) is 0.892. The molecule has 1 heterocycles. The summed E-state index contributed by atoms with van der Waals surface area (Å²) in [6.45, 7) is 5.84. The molecule has 0 spiro atoms. The summed E-state index contributed by atoms with van der Waals surface area (Å²) < 4.78 is 17.7. The zero-order valence-corrected chi connectivity index (χ0v) is 55.8. The Labute approximate surface area is 523 Å². The highest BCUT2D eigenvalue weighted by molar-refractivity contribution is 5.80. The van der Waals surface area contributed by atoms with Gasteiger partial charge in [0, 0.05) is 6.42 Å². The number of nitrogens with one attached hydrogen (secondary N) is 1. The van der Waals surface area contributed by atoms with E-state index >= 15 is 0 Å². The monoisotopic (exact) mass is 1200 g/mol. The predicted molar refractivity (Wildman–Crippen MR) is 357 cm³/mol. The van der Waals surface area contributed by atoms with Gasteiger partial charge in [0.25, 0.3) is 0 Å². The Bertz CT molecular complexity index is 1520. The number of aliphatic hydroxyl groups is 5. The van der Waals surface area contributed by atoms with Crippen molar-refractivity contribution in [2.24, 2.45) is 0 Å². The minimum absolute atomic E-state index is 0.127. The van der Waals surface area contributed by atoms with Crippen LogP contribution in [0, 0.1) is 0 Å². The van der Waals surface area contributed by atoms with Gasteiger partial charge in [0.05, 0.1) is 25.4 Å². The lowest BCUT2D eigenvalue weighted by Crippen LogP contribution is -2.61. The first kappa shape index (κ1) is 80.9. The van der Waals surface area contributed by atoms with E-state index in [1.807, 2.05) is 6.08 Å². The lowest BCUT2D eigenvalue weighted by Gasteiger charge is -2.41. The minimum Gasteiger partial charge on any atom is -0.454 e. The van der Waals surface area contributed by atoms with Crippen LogP contribution in [-0.4, -0.2) is 99.6 Å². The average Bonchev–Trinajstić information content (AvgIpc) is 3.34. The minimum atomic E-state index is -1.61. The highest BCUT2D eigenvalue weighted by Gasteiger charge is 2.47. The molecule has 500 valence electrons. The standard InChI is InChI=1S/C74H139NO10/c1-4-7-10-13-16-19-22-25-27-29-31-32-33-34-35-36-37-39-41-44-47-50-53-56-59-62-69(79)85-72-71(81)70(80)68(63-76)84-74(72)83-64-65(66(77)60-57-54-51-48-45-42-24-21-18-15-12-9-6-3)75-73(82)67(78)61-58-55-52-49-46-43-40-38-30-28-26-23-20-17-14-11-8-5-2/h25-28,57,60,65-68,70-72,74,76-78,80-81H,4-24,29-56,58-59,61-64H2,1-3H3,(H,75,82)/b27-25+,28-26+,60-57+.